The molecule has 20 heavy (non-hydrogen) atoms. The molecule has 1 aliphatic rings. The van der Waals surface area contributed by atoms with Gasteiger partial charge in [-0.05, 0) is 43.5 Å². The molecule has 4 heteroatoms. The van der Waals surface area contributed by atoms with Gasteiger partial charge in [-0.1, -0.05) is 49.2 Å². The fourth-order valence-electron chi connectivity index (χ4n) is 2.86. The smallest absolute Gasteiger partial charge is 0.0637 e. The number of hydrogen-bond acceptors (Lipinski definition) is 2. The predicted octanol–water partition coefficient (Wildman–Crippen LogP) is 4.20. The maximum Gasteiger partial charge on any atom is 0.0637 e. The summed E-state index contributed by atoms with van der Waals surface area (Å²) in [6, 6.07) is 6.48. The summed E-state index contributed by atoms with van der Waals surface area (Å²) >= 11 is 12.4. The molecule has 1 fully saturated rings. The van der Waals surface area contributed by atoms with Gasteiger partial charge in [-0.15, -0.1) is 0 Å². The van der Waals surface area contributed by atoms with Crippen LogP contribution in [-0.4, -0.2) is 30.6 Å². The number of rotatable bonds is 4. The van der Waals surface area contributed by atoms with Crippen molar-refractivity contribution >= 4 is 23.2 Å². The first-order chi connectivity index (χ1) is 9.56. The molecule has 0 aromatic heterocycles. The number of benzene rings is 1. The van der Waals surface area contributed by atoms with Crippen molar-refractivity contribution in [3.8, 4) is 0 Å². The first kappa shape index (κ1) is 16.1. The quantitative estimate of drug-likeness (QED) is 0.895. The third-order valence-corrected chi connectivity index (χ3v) is 4.60. The van der Waals surface area contributed by atoms with E-state index in [4.69, 9.17) is 23.2 Å². The number of nitrogens with zero attached hydrogens (tertiary/aromatic N) is 1. The lowest BCUT2D eigenvalue weighted by Gasteiger charge is -2.26. The normalized spacial score (nSPS) is 21.1. The summed E-state index contributed by atoms with van der Waals surface area (Å²) in [5.41, 5.74) is 1.13. The van der Waals surface area contributed by atoms with E-state index in [2.05, 4.69) is 30.1 Å². The van der Waals surface area contributed by atoms with Gasteiger partial charge in [0.15, 0.2) is 0 Å². The van der Waals surface area contributed by atoms with Crippen LogP contribution in [0.1, 0.15) is 32.3 Å². The molecule has 1 N–H and O–H groups in total. The summed E-state index contributed by atoms with van der Waals surface area (Å²) < 4.78 is 0. The van der Waals surface area contributed by atoms with E-state index in [9.17, 15) is 0 Å². The topological polar surface area (TPSA) is 15.3 Å². The van der Waals surface area contributed by atoms with Crippen molar-refractivity contribution in [1.29, 1.82) is 0 Å². The first-order valence-corrected chi connectivity index (χ1v) is 8.20. The van der Waals surface area contributed by atoms with Crippen molar-refractivity contribution in [1.82, 2.24) is 10.2 Å². The van der Waals surface area contributed by atoms with Gasteiger partial charge < -0.3 is 5.32 Å². The second-order valence-electron chi connectivity index (χ2n) is 6.08. The van der Waals surface area contributed by atoms with Crippen molar-refractivity contribution in [2.24, 2.45) is 5.92 Å². The molecular weight excluding hydrogens is 291 g/mol. The molecule has 2 rings (SSSR count). The molecule has 112 valence electrons. The third kappa shape index (κ3) is 4.63. The minimum atomic E-state index is 0.579. The summed E-state index contributed by atoms with van der Waals surface area (Å²) in [6.07, 6.45) is 2.41. The second kappa shape index (κ2) is 7.65. The monoisotopic (exact) mass is 314 g/mol. The average Bonchev–Trinajstić information content (AvgIpc) is 2.59. The van der Waals surface area contributed by atoms with Crippen LogP contribution in [0.5, 0.6) is 0 Å². The number of hydrogen-bond donors (Lipinski definition) is 1. The minimum Gasteiger partial charge on any atom is -0.313 e. The van der Waals surface area contributed by atoms with Gasteiger partial charge in [-0.2, -0.15) is 0 Å². The number of nitrogens with one attached hydrogen (secondary N) is 1. The Morgan fingerprint density at radius 3 is 2.90 bits per heavy atom. The zero-order valence-electron chi connectivity index (χ0n) is 12.3. The Bertz CT molecular complexity index is 434. The van der Waals surface area contributed by atoms with Gasteiger partial charge in [0, 0.05) is 19.1 Å². The zero-order chi connectivity index (χ0) is 14.5. The molecule has 2 nitrogen and oxygen atoms in total. The summed E-state index contributed by atoms with van der Waals surface area (Å²) in [5, 5.41) is 5.00. The van der Waals surface area contributed by atoms with E-state index in [1.165, 1.54) is 12.8 Å². The van der Waals surface area contributed by atoms with E-state index in [1.807, 2.05) is 12.1 Å². The van der Waals surface area contributed by atoms with Crippen molar-refractivity contribution in [3.05, 3.63) is 33.8 Å². The van der Waals surface area contributed by atoms with Crippen molar-refractivity contribution < 1.29 is 0 Å². The molecule has 1 unspecified atom stereocenters. The molecule has 1 saturated heterocycles. The predicted molar refractivity (Wildman–Crippen MR) is 87.6 cm³/mol. The summed E-state index contributed by atoms with van der Waals surface area (Å²) in [6.45, 7) is 8.76. The highest BCUT2D eigenvalue weighted by atomic mass is 35.5. The van der Waals surface area contributed by atoms with Gasteiger partial charge in [0.25, 0.3) is 0 Å². The first-order valence-electron chi connectivity index (χ1n) is 7.45. The van der Waals surface area contributed by atoms with E-state index in [0.717, 1.165) is 37.7 Å². The highest BCUT2D eigenvalue weighted by molar-refractivity contribution is 6.42. The Kier molecular flexibility index (Phi) is 6.16. The van der Waals surface area contributed by atoms with Crippen LogP contribution in [-0.2, 0) is 6.54 Å². The van der Waals surface area contributed by atoms with Crippen molar-refractivity contribution in [3.63, 3.8) is 0 Å². The molecule has 1 heterocycles. The Morgan fingerprint density at radius 2 is 2.15 bits per heavy atom. The maximum atomic E-state index is 6.30. The van der Waals surface area contributed by atoms with E-state index in [0.29, 0.717) is 16.1 Å². The van der Waals surface area contributed by atoms with Crippen LogP contribution in [0.2, 0.25) is 10.0 Å². The Labute approximate surface area is 132 Å². The number of halogens is 2. The third-order valence-electron chi connectivity index (χ3n) is 3.74. The molecule has 0 radical (unpaired) electrons. The standard InChI is InChI=1S/C16H24Cl2N2/c1-12(2)9-14-11-20(8-4-7-19-14)10-13-5-3-6-15(17)16(13)18/h3,5-6,12,14,19H,4,7-11H2,1-2H3. The summed E-state index contributed by atoms with van der Waals surface area (Å²) in [7, 11) is 0. The van der Waals surface area contributed by atoms with Gasteiger partial charge in [0.1, 0.15) is 0 Å². The van der Waals surface area contributed by atoms with Crippen LogP contribution in [0.4, 0.5) is 0 Å². The zero-order valence-corrected chi connectivity index (χ0v) is 13.8. The summed E-state index contributed by atoms with van der Waals surface area (Å²) in [5.74, 6) is 0.724. The van der Waals surface area contributed by atoms with Gasteiger partial charge in [0.05, 0.1) is 10.0 Å². The van der Waals surface area contributed by atoms with E-state index < -0.39 is 0 Å². The SMILES string of the molecule is CC(C)CC1CN(Cc2cccc(Cl)c2Cl)CCCN1. The molecule has 0 bridgehead atoms. The minimum absolute atomic E-state index is 0.579. The van der Waals surface area contributed by atoms with Crippen LogP contribution < -0.4 is 5.32 Å². The van der Waals surface area contributed by atoms with Crippen LogP contribution in [0, 0.1) is 5.92 Å². The maximum absolute atomic E-state index is 6.30. The molecule has 1 atom stereocenters. The Balaban J connectivity index is 2.01. The van der Waals surface area contributed by atoms with Crippen molar-refractivity contribution in [2.75, 3.05) is 19.6 Å². The Morgan fingerprint density at radius 1 is 1.35 bits per heavy atom. The van der Waals surface area contributed by atoms with Gasteiger partial charge >= 0.3 is 0 Å². The van der Waals surface area contributed by atoms with Crippen LogP contribution in [0.15, 0.2) is 18.2 Å². The summed E-state index contributed by atoms with van der Waals surface area (Å²) in [4.78, 5) is 2.49. The highest BCUT2D eigenvalue weighted by Crippen LogP contribution is 2.27. The Hall–Kier alpha value is -0.280. The van der Waals surface area contributed by atoms with Gasteiger partial charge in [-0.25, -0.2) is 0 Å². The molecule has 0 spiro atoms. The van der Waals surface area contributed by atoms with Crippen LogP contribution in [0.3, 0.4) is 0 Å². The van der Waals surface area contributed by atoms with Crippen LogP contribution in [0.25, 0.3) is 0 Å². The molecule has 0 saturated carbocycles. The van der Waals surface area contributed by atoms with E-state index in [1.54, 1.807) is 0 Å². The van der Waals surface area contributed by atoms with E-state index >= 15 is 0 Å². The lowest BCUT2D eigenvalue weighted by atomic mass is 10.0. The molecular formula is C16H24Cl2N2. The van der Waals surface area contributed by atoms with E-state index in [-0.39, 0.29) is 0 Å². The molecule has 0 amide bonds. The second-order valence-corrected chi connectivity index (χ2v) is 6.87. The lowest BCUT2D eigenvalue weighted by molar-refractivity contribution is 0.248. The fraction of sp³-hybridized carbons (Fsp3) is 0.625. The fourth-order valence-corrected chi connectivity index (χ4v) is 3.24. The molecule has 1 aliphatic heterocycles. The van der Waals surface area contributed by atoms with Gasteiger partial charge in [0.2, 0.25) is 0 Å². The van der Waals surface area contributed by atoms with Crippen LogP contribution >= 0.6 is 23.2 Å². The molecule has 1 aromatic carbocycles. The molecule has 1 aromatic rings. The van der Waals surface area contributed by atoms with Gasteiger partial charge in [-0.3, -0.25) is 4.90 Å². The van der Waals surface area contributed by atoms with Crippen molar-refractivity contribution in [2.45, 2.75) is 39.3 Å². The largest absolute Gasteiger partial charge is 0.313 e. The average molecular weight is 315 g/mol. The lowest BCUT2D eigenvalue weighted by Crippen LogP contribution is -2.38. The highest BCUT2D eigenvalue weighted by Gasteiger charge is 2.19. The molecule has 0 aliphatic carbocycles.